The summed E-state index contributed by atoms with van der Waals surface area (Å²) in [5.74, 6) is 1.23. The zero-order valence-electron chi connectivity index (χ0n) is 13.0. The Morgan fingerprint density at radius 1 is 1.16 bits per heavy atom. The molecule has 8 nitrogen and oxygen atoms in total. The van der Waals surface area contributed by atoms with Gasteiger partial charge in [-0.05, 0) is 18.2 Å². The monoisotopic (exact) mass is 356 g/mol. The van der Waals surface area contributed by atoms with Crippen molar-refractivity contribution in [2.24, 2.45) is 0 Å². The number of nitrogens with zero attached hydrogens (tertiary/aromatic N) is 5. The lowest BCUT2D eigenvalue weighted by Crippen LogP contribution is -2.50. The van der Waals surface area contributed by atoms with E-state index in [0.717, 1.165) is 0 Å². The van der Waals surface area contributed by atoms with Crippen LogP contribution >= 0.6 is 11.6 Å². The van der Waals surface area contributed by atoms with Crippen LogP contribution in [0.25, 0.3) is 11.6 Å². The van der Waals surface area contributed by atoms with Crippen LogP contribution in [0.5, 0.6) is 0 Å². The van der Waals surface area contributed by atoms with Crippen LogP contribution in [0.1, 0.15) is 11.8 Å². The molecule has 2 amide bonds. The van der Waals surface area contributed by atoms with Gasteiger partial charge in [0.1, 0.15) is 0 Å². The summed E-state index contributed by atoms with van der Waals surface area (Å²) in [5.41, 5.74) is 0.582. The van der Waals surface area contributed by atoms with Gasteiger partial charge in [-0.3, -0.25) is 0 Å². The van der Waals surface area contributed by atoms with Gasteiger partial charge >= 0.3 is 6.03 Å². The minimum atomic E-state index is -0.213. The van der Waals surface area contributed by atoms with Crippen molar-refractivity contribution in [3.8, 4) is 11.6 Å². The van der Waals surface area contributed by atoms with Crippen LogP contribution in [0, 0.1) is 0 Å². The first-order valence-electron chi connectivity index (χ1n) is 7.62. The van der Waals surface area contributed by atoms with E-state index in [1.54, 1.807) is 41.6 Å². The van der Waals surface area contributed by atoms with E-state index in [9.17, 15) is 4.79 Å². The number of carbonyl (C=O) groups excluding carboxylic acids is 1. The minimum absolute atomic E-state index is 0.00181. The highest BCUT2D eigenvalue weighted by molar-refractivity contribution is 6.33. The Kier molecular flexibility index (Phi) is 4.02. The van der Waals surface area contributed by atoms with Crippen molar-refractivity contribution in [3.05, 3.63) is 53.6 Å². The van der Waals surface area contributed by atoms with E-state index in [1.807, 2.05) is 6.07 Å². The number of halogens is 1. The number of aromatic nitrogens is 4. The van der Waals surface area contributed by atoms with Crippen molar-refractivity contribution in [1.29, 1.82) is 0 Å². The number of hydrogen-bond acceptors (Lipinski definition) is 6. The largest absolute Gasteiger partial charge is 0.338 e. The van der Waals surface area contributed by atoms with Crippen LogP contribution in [-0.4, -0.2) is 44.1 Å². The molecule has 2 aromatic heterocycles. The van der Waals surface area contributed by atoms with Crippen LogP contribution < -0.4 is 5.32 Å². The first kappa shape index (κ1) is 15.5. The molecule has 0 bridgehead atoms. The molecular weight excluding hydrogens is 344 g/mol. The molecule has 3 aromatic rings. The Balaban J connectivity index is 1.37. The highest BCUT2D eigenvalue weighted by atomic mass is 35.5. The van der Waals surface area contributed by atoms with E-state index in [0.29, 0.717) is 41.3 Å². The lowest BCUT2D eigenvalue weighted by Gasteiger charge is -2.36. The molecule has 0 radical (unpaired) electrons. The van der Waals surface area contributed by atoms with Gasteiger partial charge in [0.15, 0.2) is 0 Å². The Morgan fingerprint density at radius 3 is 2.68 bits per heavy atom. The lowest BCUT2D eigenvalue weighted by atomic mass is 10.0. The third-order valence-electron chi connectivity index (χ3n) is 3.84. The van der Waals surface area contributed by atoms with Gasteiger partial charge in [0.05, 0.1) is 16.6 Å². The summed E-state index contributed by atoms with van der Waals surface area (Å²) in [5, 5.41) is 7.17. The van der Waals surface area contributed by atoms with Crippen molar-refractivity contribution in [1.82, 2.24) is 25.0 Å². The van der Waals surface area contributed by atoms with Crippen LogP contribution in [0.15, 0.2) is 47.2 Å². The zero-order chi connectivity index (χ0) is 17.2. The lowest BCUT2D eigenvalue weighted by molar-refractivity contribution is 0.147. The molecule has 1 aromatic carbocycles. The van der Waals surface area contributed by atoms with Gasteiger partial charge in [-0.25, -0.2) is 14.8 Å². The van der Waals surface area contributed by atoms with Gasteiger partial charge in [0, 0.05) is 25.5 Å². The third kappa shape index (κ3) is 3.16. The number of hydrogen-bond donors (Lipinski definition) is 1. The molecule has 1 aliphatic heterocycles. The average molecular weight is 357 g/mol. The first-order chi connectivity index (χ1) is 12.2. The molecule has 1 aliphatic rings. The SMILES string of the molecule is O=C(Nc1ccccc1Cl)N1CC(c2nc(-c3ncccn3)no2)C1. The molecule has 1 saturated heterocycles. The Labute approximate surface area is 147 Å². The average Bonchev–Trinajstić information content (AvgIpc) is 3.06. The maximum absolute atomic E-state index is 12.2. The molecule has 3 heterocycles. The van der Waals surface area contributed by atoms with Crippen LogP contribution in [0.2, 0.25) is 5.02 Å². The number of anilines is 1. The molecule has 4 rings (SSSR count). The maximum atomic E-state index is 12.2. The van der Waals surface area contributed by atoms with Gasteiger partial charge in [0.25, 0.3) is 0 Å². The standard InChI is InChI=1S/C16H13ClN6O2/c17-11-4-1-2-5-12(11)20-16(24)23-8-10(9-23)15-21-14(22-25-15)13-18-6-3-7-19-13/h1-7,10H,8-9H2,(H,20,24). The van der Waals surface area contributed by atoms with E-state index in [1.165, 1.54) is 0 Å². The molecule has 0 saturated carbocycles. The van der Waals surface area contributed by atoms with E-state index >= 15 is 0 Å². The van der Waals surface area contributed by atoms with Gasteiger partial charge < -0.3 is 14.7 Å². The number of para-hydroxylation sites is 1. The summed E-state index contributed by atoms with van der Waals surface area (Å²) in [6.07, 6.45) is 3.23. The summed E-state index contributed by atoms with van der Waals surface area (Å²) in [7, 11) is 0. The number of nitrogens with one attached hydrogen (secondary N) is 1. The molecular formula is C16H13ClN6O2. The quantitative estimate of drug-likeness (QED) is 0.775. The molecule has 0 atom stereocenters. The molecule has 0 spiro atoms. The maximum Gasteiger partial charge on any atom is 0.321 e. The Bertz CT molecular complexity index is 894. The fraction of sp³-hybridized carbons (Fsp3) is 0.188. The second kappa shape index (κ2) is 6.48. The van der Waals surface area contributed by atoms with Crippen LogP contribution in [0.3, 0.4) is 0 Å². The van der Waals surface area contributed by atoms with Gasteiger partial charge in [-0.1, -0.05) is 28.9 Å². The first-order valence-corrected chi connectivity index (χ1v) is 8.00. The number of rotatable bonds is 3. The smallest absolute Gasteiger partial charge is 0.321 e. The number of benzene rings is 1. The summed E-state index contributed by atoms with van der Waals surface area (Å²) >= 11 is 6.04. The Hall–Kier alpha value is -3.00. The number of likely N-dealkylation sites (tertiary alicyclic amines) is 1. The molecule has 9 heteroatoms. The van der Waals surface area contributed by atoms with E-state index < -0.39 is 0 Å². The highest BCUT2D eigenvalue weighted by Crippen LogP contribution is 2.28. The molecule has 25 heavy (non-hydrogen) atoms. The highest BCUT2D eigenvalue weighted by Gasteiger charge is 2.36. The summed E-state index contributed by atoms with van der Waals surface area (Å²) in [6, 6.07) is 8.60. The third-order valence-corrected chi connectivity index (χ3v) is 4.17. The Morgan fingerprint density at radius 2 is 1.92 bits per heavy atom. The van der Waals surface area contributed by atoms with Crippen molar-refractivity contribution in [3.63, 3.8) is 0 Å². The van der Waals surface area contributed by atoms with Gasteiger partial charge in [0.2, 0.25) is 17.5 Å². The van der Waals surface area contributed by atoms with Gasteiger partial charge in [-0.2, -0.15) is 4.98 Å². The molecule has 1 fully saturated rings. The second-order valence-electron chi connectivity index (χ2n) is 5.54. The number of urea groups is 1. The summed E-state index contributed by atoms with van der Waals surface area (Å²) in [4.78, 5) is 26.3. The normalized spacial score (nSPS) is 14.2. The minimum Gasteiger partial charge on any atom is -0.338 e. The van der Waals surface area contributed by atoms with E-state index in [4.69, 9.17) is 16.1 Å². The zero-order valence-corrected chi connectivity index (χ0v) is 13.7. The topological polar surface area (TPSA) is 97.0 Å². The fourth-order valence-corrected chi connectivity index (χ4v) is 2.65. The van der Waals surface area contributed by atoms with Crippen molar-refractivity contribution in [2.45, 2.75) is 5.92 Å². The molecule has 0 unspecified atom stereocenters. The summed E-state index contributed by atoms with van der Waals surface area (Å²) < 4.78 is 5.27. The van der Waals surface area contributed by atoms with Crippen molar-refractivity contribution in [2.75, 3.05) is 18.4 Å². The molecule has 0 aliphatic carbocycles. The van der Waals surface area contributed by atoms with Crippen LogP contribution in [-0.2, 0) is 0 Å². The van der Waals surface area contributed by atoms with Crippen molar-refractivity contribution >= 4 is 23.3 Å². The predicted octanol–water partition coefficient (Wildman–Crippen LogP) is 2.81. The number of amides is 2. The second-order valence-corrected chi connectivity index (χ2v) is 5.95. The number of carbonyl (C=O) groups is 1. The van der Waals surface area contributed by atoms with E-state index in [2.05, 4.69) is 25.4 Å². The van der Waals surface area contributed by atoms with Gasteiger partial charge in [-0.15, -0.1) is 0 Å². The van der Waals surface area contributed by atoms with E-state index in [-0.39, 0.29) is 11.9 Å². The fourth-order valence-electron chi connectivity index (χ4n) is 2.46. The predicted molar refractivity (Wildman–Crippen MR) is 90.1 cm³/mol. The molecule has 126 valence electrons. The van der Waals surface area contributed by atoms with Crippen LogP contribution in [0.4, 0.5) is 10.5 Å². The molecule has 1 N–H and O–H groups in total. The summed E-state index contributed by atoms with van der Waals surface area (Å²) in [6.45, 7) is 0.987. The van der Waals surface area contributed by atoms with Crippen molar-refractivity contribution < 1.29 is 9.32 Å².